The molecule has 0 bridgehead atoms. The molecule has 0 aliphatic carbocycles. The second-order valence-electron chi connectivity index (χ2n) is 4.57. The van der Waals surface area contributed by atoms with Crippen molar-refractivity contribution in [1.82, 2.24) is 10.6 Å². The van der Waals surface area contributed by atoms with Crippen LogP contribution in [0.15, 0.2) is 35.2 Å². The lowest BCUT2D eigenvalue weighted by atomic mass is 10.2. The van der Waals surface area contributed by atoms with Gasteiger partial charge in [-0.2, -0.15) is 0 Å². The number of carbonyl (C=O) groups excluding carboxylic acids is 2. The topological polar surface area (TPSA) is 58.2 Å². The summed E-state index contributed by atoms with van der Waals surface area (Å²) in [7, 11) is 0. The molecule has 0 unspecified atom stereocenters. The highest BCUT2D eigenvalue weighted by Crippen LogP contribution is 2.25. The first kappa shape index (κ1) is 14.8. The Morgan fingerprint density at radius 3 is 2.15 bits per heavy atom. The highest BCUT2D eigenvalue weighted by molar-refractivity contribution is 8.18. The third-order valence-corrected chi connectivity index (χ3v) is 3.76. The van der Waals surface area contributed by atoms with E-state index in [1.165, 1.54) is 32.4 Å². The summed E-state index contributed by atoms with van der Waals surface area (Å²) in [4.78, 5) is 22.5. The molecule has 0 aromatic heterocycles. The molecule has 4 nitrogen and oxygen atoms in total. The summed E-state index contributed by atoms with van der Waals surface area (Å²) >= 11 is 0.930. The van der Waals surface area contributed by atoms with Crippen LogP contribution in [-0.4, -0.2) is 24.2 Å². The van der Waals surface area contributed by atoms with E-state index in [0.29, 0.717) is 4.91 Å². The van der Waals surface area contributed by atoms with Crippen LogP contribution in [0.25, 0.3) is 6.08 Å². The van der Waals surface area contributed by atoms with Gasteiger partial charge >= 0.3 is 0 Å². The molecule has 1 aromatic carbocycles. The number of benzene rings is 1. The molecule has 2 N–H and O–H groups in total. The Kier molecular flexibility index (Phi) is 5.83. The molecular weight excluding hydrogens is 272 g/mol. The number of hydrogen-bond acceptors (Lipinski definition) is 4. The largest absolute Gasteiger partial charge is 0.317 e. The van der Waals surface area contributed by atoms with E-state index >= 15 is 0 Å². The van der Waals surface area contributed by atoms with E-state index in [1.807, 2.05) is 30.3 Å². The van der Waals surface area contributed by atoms with Crippen molar-refractivity contribution < 1.29 is 9.59 Å². The quantitative estimate of drug-likeness (QED) is 0.781. The monoisotopic (exact) mass is 290 g/mol. The lowest BCUT2D eigenvalue weighted by molar-refractivity contribution is -0.115. The number of carbonyl (C=O) groups is 2. The summed E-state index contributed by atoms with van der Waals surface area (Å²) < 4.78 is 0. The molecule has 106 valence electrons. The average Bonchev–Trinajstić information content (AvgIpc) is 2.80. The number of amides is 2. The first-order valence-corrected chi connectivity index (χ1v) is 7.58. The molecule has 2 fully saturated rings. The fraction of sp³-hybridized carbons (Fsp3) is 0.333. The molecule has 3 rings (SSSR count). The van der Waals surface area contributed by atoms with Gasteiger partial charge in [0.1, 0.15) is 0 Å². The van der Waals surface area contributed by atoms with Crippen LogP contribution in [0.3, 0.4) is 0 Å². The van der Waals surface area contributed by atoms with E-state index in [2.05, 4.69) is 10.6 Å². The molecule has 2 aliphatic heterocycles. The Balaban J connectivity index is 0.000000205. The molecule has 0 radical (unpaired) electrons. The van der Waals surface area contributed by atoms with Gasteiger partial charge in [-0.15, -0.1) is 0 Å². The van der Waals surface area contributed by atoms with Crippen molar-refractivity contribution >= 4 is 29.0 Å². The normalized spacial score (nSPS) is 20.3. The maximum absolute atomic E-state index is 11.2. The number of thioether (sulfide) groups is 1. The van der Waals surface area contributed by atoms with Crippen molar-refractivity contribution in [3.05, 3.63) is 40.8 Å². The lowest BCUT2D eigenvalue weighted by Gasteiger charge is -2.08. The van der Waals surface area contributed by atoms with E-state index in [0.717, 1.165) is 17.3 Å². The van der Waals surface area contributed by atoms with Crippen molar-refractivity contribution in [3.8, 4) is 0 Å². The van der Waals surface area contributed by atoms with Gasteiger partial charge in [0.15, 0.2) is 0 Å². The van der Waals surface area contributed by atoms with E-state index in [9.17, 15) is 9.59 Å². The number of hydrogen-bond donors (Lipinski definition) is 2. The summed E-state index contributed by atoms with van der Waals surface area (Å²) in [6.07, 6.45) is 5.91. The fourth-order valence-electron chi connectivity index (χ4n) is 1.92. The molecule has 0 spiro atoms. The van der Waals surface area contributed by atoms with Gasteiger partial charge in [0.25, 0.3) is 11.1 Å². The maximum atomic E-state index is 11.2. The van der Waals surface area contributed by atoms with Gasteiger partial charge in [0.05, 0.1) is 4.91 Å². The minimum Gasteiger partial charge on any atom is -0.317 e. The molecule has 2 saturated heterocycles. The van der Waals surface area contributed by atoms with Gasteiger partial charge in [-0.1, -0.05) is 36.8 Å². The molecule has 2 amide bonds. The van der Waals surface area contributed by atoms with Crippen LogP contribution < -0.4 is 10.6 Å². The van der Waals surface area contributed by atoms with E-state index in [1.54, 1.807) is 6.08 Å². The molecule has 0 saturated carbocycles. The Hall–Kier alpha value is -1.59. The number of nitrogens with one attached hydrogen (secondary N) is 2. The molecule has 1 aromatic rings. The van der Waals surface area contributed by atoms with Gasteiger partial charge in [0, 0.05) is 0 Å². The summed E-state index contributed by atoms with van der Waals surface area (Å²) in [5.74, 6) is -0.316. The second-order valence-corrected chi connectivity index (χ2v) is 5.59. The van der Waals surface area contributed by atoms with Gasteiger partial charge in [-0.3, -0.25) is 14.9 Å². The van der Waals surface area contributed by atoms with Gasteiger partial charge in [0.2, 0.25) is 0 Å². The zero-order chi connectivity index (χ0) is 14.2. The predicted octanol–water partition coefficient (Wildman–Crippen LogP) is 2.77. The van der Waals surface area contributed by atoms with Crippen molar-refractivity contribution in [2.45, 2.75) is 19.3 Å². The van der Waals surface area contributed by atoms with Crippen LogP contribution in [0, 0.1) is 0 Å². The average molecular weight is 290 g/mol. The van der Waals surface area contributed by atoms with E-state index < -0.39 is 0 Å². The third-order valence-electron chi connectivity index (χ3n) is 2.95. The zero-order valence-electron chi connectivity index (χ0n) is 11.2. The van der Waals surface area contributed by atoms with Crippen LogP contribution in [0.4, 0.5) is 4.79 Å². The minimum atomic E-state index is -0.316. The zero-order valence-corrected chi connectivity index (χ0v) is 12.0. The highest BCUT2D eigenvalue weighted by Gasteiger charge is 2.24. The van der Waals surface area contributed by atoms with Gasteiger partial charge in [-0.25, -0.2) is 0 Å². The first-order valence-electron chi connectivity index (χ1n) is 6.76. The smallest absolute Gasteiger partial charge is 0.290 e. The van der Waals surface area contributed by atoms with Crippen molar-refractivity contribution in [1.29, 1.82) is 0 Å². The predicted molar refractivity (Wildman–Crippen MR) is 82.3 cm³/mol. The molecule has 2 heterocycles. The maximum Gasteiger partial charge on any atom is 0.290 e. The summed E-state index contributed by atoms with van der Waals surface area (Å²) in [6.45, 7) is 2.50. The van der Waals surface area contributed by atoms with Gasteiger partial charge in [-0.05, 0) is 49.3 Å². The summed E-state index contributed by atoms with van der Waals surface area (Å²) in [6, 6.07) is 9.42. The van der Waals surface area contributed by atoms with Crippen LogP contribution in [0.5, 0.6) is 0 Å². The minimum absolute atomic E-state index is 0.308. The highest BCUT2D eigenvalue weighted by atomic mass is 32.2. The Morgan fingerprint density at radius 2 is 1.70 bits per heavy atom. The van der Waals surface area contributed by atoms with Crippen LogP contribution in [-0.2, 0) is 4.79 Å². The molecule has 5 heteroatoms. The second kappa shape index (κ2) is 7.87. The molecular formula is C15H18N2O2S. The molecule has 2 aliphatic rings. The van der Waals surface area contributed by atoms with Crippen LogP contribution >= 0.6 is 11.8 Å². The Morgan fingerprint density at radius 1 is 1.00 bits per heavy atom. The molecule has 20 heavy (non-hydrogen) atoms. The SMILES string of the molecule is C1CCNCC1.O=C1NC(=O)/C(=C/c2ccccc2)S1. The third kappa shape index (κ3) is 4.83. The first-order chi connectivity index (χ1) is 9.75. The van der Waals surface area contributed by atoms with Crippen molar-refractivity contribution in [2.24, 2.45) is 0 Å². The standard InChI is InChI=1S/C10H7NO2S.C5H11N/c12-9-8(14-10(13)11-9)6-7-4-2-1-3-5-7;1-2-4-6-5-3-1/h1-6H,(H,11,12,13);6H,1-5H2/b8-6-;. The lowest BCUT2D eigenvalue weighted by Crippen LogP contribution is -2.21. The molecule has 0 atom stereocenters. The Bertz CT molecular complexity index is 484. The number of rotatable bonds is 1. The van der Waals surface area contributed by atoms with Crippen LogP contribution in [0.2, 0.25) is 0 Å². The van der Waals surface area contributed by atoms with Crippen molar-refractivity contribution in [2.75, 3.05) is 13.1 Å². The summed E-state index contributed by atoms with van der Waals surface area (Å²) in [5.41, 5.74) is 0.917. The van der Waals surface area contributed by atoms with E-state index in [4.69, 9.17) is 0 Å². The Labute approximate surface area is 123 Å². The number of piperidine rings is 1. The van der Waals surface area contributed by atoms with E-state index in [-0.39, 0.29) is 11.1 Å². The van der Waals surface area contributed by atoms with Gasteiger partial charge < -0.3 is 5.32 Å². The van der Waals surface area contributed by atoms with Crippen LogP contribution in [0.1, 0.15) is 24.8 Å². The number of imide groups is 1. The van der Waals surface area contributed by atoms with Crippen molar-refractivity contribution in [3.63, 3.8) is 0 Å². The fourth-order valence-corrected chi connectivity index (χ4v) is 2.61. The summed E-state index contributed by atoms with van der Waals surface area (Å²) in [5, 5.41) is 5.18.